The van der Waals surface area contributed by atoms with Gasteiger partial charge in [-0.3, -0.25) is 0 Å². The Balaban J connectivity index is 2.86. The maximum atomic E-state index is 5.88. The molecule has 1 aromatic heterocycles. The molecule has 0 unspecified atom stereocenters. The molecule has 0 saturated carbocycles. The smallest absolute Gasteiger partial charge is 0.222 e. The van der Waals surface area contributed by atoms with Gasteiger partial charge in [-0.15, -0.1) is 0 Å². The topological polar surface area (TPSA) is 51.8 Å². The summed E-state index contributed by atoms with van der Waals surface area (Å²) in [5, 5.41) is 1.24. The molecule has 0 aliphatic heterocycles. The van der Waals surface area contributed by atoms with Gasteiger partial charge in [0.15, 0.2) is 0 Å². The molecule has 0 bridgehead atoms. The van der Waals surface area contributed by atoms with Gasteiger partial charge in [0.05, 0.1) is 5.52 Å². The van der Waals surface area contributed by atoms with Gasteiger partial charge in [-0.25, -0.2) is 9.97 Å². The number of nitrogens with two attached hydrogens (primary N) is 1. The maximum absolute atomic E-state index is 5.88. The zero-order chi connectivity index (χ0) is 9.42. The van der Waals surface area contributed by atoms with E-state index in [4.69, 9.17) is 17.3 Å². The van der Waals surface area contributed by atoms with E-state index in [0.29, 0.717) is 5.15 Å². The van der Waals surface area contributed by atoms with Crippen molar-refractivity contribution in [3.05, 3.63) is 28.9 Å². The minimum absolute atomic E-state index is 0.211. The van der Waals surface area contributed by atoms with Crippen LogP contribution in [0, 0.1) is 6.92 Å². The van der Waals surface area contributed by atoms with Crippen LogP contribution in [-0.2, 0) is 0 Å². The van der Waals surface area contributed by atoms with E-state index in [1.54, 1.807) is 0 Å². The summed E-state index contributed by atoms with van der Waals surface area (Å²) in [7, 11) is 0. The van der Waals surface area contributed by atoms with E-state index in [-0.39, 0.29) is 5.95 Å². The zero-order valence-corrected chi connectivity index (χ0v) is 7.84. The first-order valence-corrected chi connectivity index (χ1v) is 4.24. The molecule has 0 radical (unpaired) electrons. The Bertz CT molecular complexity index is 462. The molecular formula is C9H8ClN3. The minimum atomic E-state index is 0.211. The summed E-state index contributed by atoms with van der Waals surface area (Å²) in [6.07, 6.45) is 0. The van der Waals surface area contributed by atoms with Gasteiger partial charge in [-0.1, -0.05) is 17.7 Å². The van der Waals surface area contributed by atoms with Crippen LogP contribution in [0.25, 0.3) is 10.9 Å². The Labute approximate surface area is 80.6 Å². The van der Waals surface area contributed by atoms with Gasteiger partial charge in [0.25, 0.3) is 0 Å². The Morgan fingerprint density at radius 3 is 2.85 bits per heavy atom. The van der Waals surface area contributed by atoms with Crippen LogP contribution >= 0.6 is 11.6 Å². The number of aryl methyl sites for hydroxylation is 1. The van der Waals surface area contributed by atoms with Gasteiger partial charge in [0.2, 0.25) is 5.95 Å². The van der Waals surface area contributed by atoms with E-state index < -0.39 is 0 Å². The highest BCUT2D eigenvalue weighted by Crippen LogP contribution is 2.21. The molecule has 66 valence electrons. The summed E-state index contributed by atoms with van der Waals surface area (Å²) in [5.74, 6) is 0.211. The third-order valence-corrected chi connectivity index (χ3v) is 2.11. The molecule has 0 fully saturated rings. The van der Waals surface area contributed by atoms with E-state index in [2.05, 4.69) is 9.97 Å². The molecule has 0 atom stereocenters. The summed E-state index contributed by atoms with van der Waals surface area (Å²) in [4.78, 5) is 7.94. The Hall–Kier alpha value is -1.35. The van der Waals surface area contributed by atoms with Gasteiger partial charge in [0.1, 0.15) is 5.15 Å². The lowest BCUT2D eigenvalue weighted by Crippen LogP contribution is -1.95. The predicted octanol–water partition coefficient (Wildman–Crippen LogP) is 2.17. The second-order valence-electron chi connectivity index (χ2n) is 2.89. The molecule has 4 heteroatoms. The SMILES string of the molecule is Cc1ccc2c(Cl)nc(N)nc2c1. The van der Waals surface area contributed by atoms with Crippen LogP contribution in [0.1, 0.15) is 5.56 Å². The van der Waals surface area contributed by atoms with Gasteiger partial charge >= 0.3 is 0 Å². The summed E-state index contributed by atoms with van der Waals surface area (Å²) >= 11 is 5.88. The Morgan fingerprint density at radius 1 is 1.31 bits per heavy atom. The lowest BCUT2D eigenvalue weighted by molar-refractivity contribution is 1.23. The standard InChI is InChI=1S/C9H8ClN3/c1-5-2-3-6-7(4-5)12-9(11)13-8(6)10/h2-4H,1H3,(H2,11,12,13). The molecule has 2 aromatic rings. The number of halogens is 1. The van der Waals surface area contributed by atoms with Gasteiger partial charge in [-0.05, 0) is 24.6 Å². The molecule has 2 rings (SSSR count). The highest BCUT2D eigenvalue weighted by molar-refractivity contribution is 6.34. The summed E-state index contributed by atoms with van der Waals surface area (Å²) in [5.41, 5.74) is 7.38. The summed E-state index contributed by atoms with van der Waals surface area (Å²) in [6.45, 7) is 1.99. The second-order valence-corrected chi connectivity index (χ2v) is 3.25. The summed E-state index contributed by atoms with van der Waals surface area (Å²) in [6, 6.07) is 5.79. The Morgan fingerprint density at radius 2 is 2.08 bits per heavy atom. The van der Waals surface area contributed by atoms with Crippen molar-refractivity contribution in [1.82, 2.24) is 9.97 Å². The van der Waals surface area contributed by atoms with E-state index in [9.17, 15) is 0 Å². The molecule has 3 nitrogen and oxygen atoms in total. The maximum Gasteiger partial charge on any atom is 0.222 e. The first-order valence-electron chi connectivity index (χ1n) is 3.86. The summed E-state index contributed by atoms with van der Waals surface area (Å²) < 4.78 is 0. The zero-order valence-electron chi connectivity index (χ0n) is 7.08. The molecule has 0 saturated heterocycles. The molecule has 1 aromatic carbocycles. The Kier molecular flexibility index (Phi) is 1.81. The van der Waals surface area contributed by atoms with Crippen LogP contribution in [0.4, 0.5) is 5.95 Å². The highest BCUT2D eigenvalue weighted by atomic mass is 35.5. The molecule has 0 spiro atoms. The fourth-order valence-electron chi connectivity index (χ4n) is 1.22. The third kappa shape index (κ3) is 1.42. The van der Waals surface area contributed by atoms with Crippen LogP contribution in [0.5, 0.6) is 0 Å². The van der Waals surface area contributed by atoms with Crippen LogP contribution in [0.3, 0.4) is 0 Å². The normalized spacial score (nSPS) is 10.6. The number of anilines is 1. The number of aromatic nitrogens is 2. The van der Waals surface area contributed by atoms with Crippen LogP contribution in [-0.4, -0.2) is 9.97 Å². The fraction of sp³-hybridized carbons (Fsp3) is 0.111. The van der Waals surface area contributed by atoms with Crippen molar-refractivity contribution in [3.8, 4) is 0 Å². The van der Waals surface area contributed by atoms with Crippen molar-refractivity contribution >= 4 is 28.5 Å². The average Bonchev–Trinajstić information content (AvgIpc) is 2.02. The molecule has 0 amide bonds. The molecular weight excluding hydrogens is 186 g/mol. The lowest BCUT2D eigenvalue weighted by Gasteiger charge is -2.01. The fourth-order valence-corrected chi connectivity index (χ4v) is 1.46. The minimum Gasteiger partial charge on any atom is -0.368 e. The molecule has 13 heavy (non-hydrogen) atoms. The number of nitrogen functional groups attached to an aromatic ring is 1. The van der Waals surface area contributed by atoms with Crippen molar-refractivity contribution in [2.45, 2.75) is 6.92 Å². The second kappa shape index (κ2) is 2.85. The van der Waals surface area contributed by atoms with E-state index >= 15 is 0 Å². The first-order chi connectivity index (χ1) is 6.16. The largest absolute Gasteiger partial charge is 0.368 e. The van der Waals surface area contributed by atoms with Crippen molar-refractivity contribution < 1.29 is 0 Å². The average molecular weight is 194 g/mol. The molecule has 2 N–H and O–H groups in total. The molecule has 1 heterocycles. The quantitative estimate of drug-likeness (QED) is 0.653. The number of hydrogen-bond donors (Lipinski definition) is 1. The van der Waals surface area contributed by atoms with E-state index in [1.807, 2.05) is 25.1 Å². The third-order valence-electron chi connectivity index (χ3n) is 1.82. The predicted molar refractivity (Wildman–Crippen MR) is 53.7 cm³/mol. The number of nitrogens with zero attached hydrogens (tertiary/aromatic N) is 2. The lowest BCUT2D eigenvalue weighted by atomic mass is 10.2. The van der Waals surface area contributed by atoms with Crippen molar-refractivity contribution in [2.75, 3.05) is 5.73 Å². The van der Waals surface area contributed by atoms with E-state index in [1.165, 1.54) is 0 Å². The van der Waals surface area contributed by atoms with Crippen molar-refractivity contribution in [2.24, 2.45) is 0 Å². The number of fused-ring (bicyclic) bond motifs is 1. The number of rotatable bonds is 0. The molecule has 0 aliphatic carbocycles. The number of benzene rings is 1. The van der Waals surface area contributed by atoms with Gasteiger partial charge in [0, 0.05) is 5.39 Å². The molecule has 0 aliphatic rings. The highest BCUT2D eigenvalue weighted by Gasteiger charge is 2.02. The van der Waals surface area contributed by atoms with Crippen LogP contribution in [0.15, 0.2) is 18.2 Å². The van der Waals surface area contributed by atoms with Crippen molar-refractivity contribution in [3.63, 3.8) is 0 Å². The van der Waals surface area contributed by atoms with E-state index in [0.717, 1.165) is 16.5 Å². The van der Waals surface area contributed by atoms with Crippen LogP contribution < -0.4 is 5.73 Å². The first kappa shape index (κ1) is 8.26. The number of hydrogen-bond acceptors (Lipinski definition) is 3. The monoisotopic (exact) mass is 193 g/mol. The van der Waals surface area contributed by atoms with Crippen LogP contribution in [0.2, 0.25) is 5.15 Å². The van der Waals surface area contributed by atoms with Gasteiger partial charge < -0.3 is 5.73 Å². The van der Waals surface area contributed by atoms with Crippen molar-refractivity contribution in [1.29, 1.82) is 0 Å². The van der Waals surface area contributed by atoms with Gasteiger partial charge in [-0.2, -0.15) is 0 Å².